The number of carboxylic acid groups (broad SMARTS) is 4. The molecule has 1 saturated heterocycles. The van der Waals surface area contributed by atoms with Gasteiger partial charge in [-0.1, -0.05) is 33.1 Å². The van der Waals surface area contributed by atoms with Gasteiger partial charge in [-0.25, -0.2) is 19.2 Å². The zero-order valence-electron chi connectivity index (χ0n) is 21.4. The van der Waals surface area contributed by atoms with Crippen molar-refractivity contribution in [3.63, 3.8) is 0 Å². The Balaban J connectivity index is 0. The van der Waals surface area contributed by atoms with Gasteiger partial charge in [-0.2, -0.15) is 0 Å². The van der Waals surface area contributed by atoms with E-state index in [-0.39, 0.29) is 0 Å². The maximum absolute atomic E-state index is 11.6. The van der Waals surface area contributed by atoms with E-state index in [0.717, 1.165) is 32.4 Å². The average Bonchev–Trinajstić information content (AvgIpc) is 3.04. The first kappa shape index (κ1) is 35.1. The van der Waals surface area contributed by atoms with Gasteiger partial charge in [-0.05, 0) is 38.9 Å². The van der Waals surface area contributed by atoms with E-state index >= 15 is 0 Å². The van der Waals surface area contributed by atoms with Crippen LogP contribution in [0.1, 0.15) is 65.2 Å². The number of hydrogen-bond donors (Lipinski definition) is 4. The van der Waals surface area contributed by atoms with Gasteiger partial charge in [-0.3, -0.25) is 4.79 Å². The van der Waals surface area contributed by atoms with Crippen LogP contribution in [-0.4, -0.2) is 99.2 Å². The summed E-state index contributed by atoms with van der Waals surface area (Å²) < 4.78 is 0. The Kier molecular flexibility index (Phi) is 23.1. The standard InChI is InChI=1S/C17H34N2O.2C4H4O4/c1-3-5-6-7-11-18-12-8-13-19(16-15-18)14-10-17(20)9-4-2;2*5-3(6)1-2-4(7)8/h3-16H2,1-2H3;2*1-2H,(H,5,6)(H,7,8)/b;2*2-1-. The molecule has 1 heterocycles. The molecule has 0 unspecified atom stereocenters. The summed E-state index contributed by atoms with van der Waals surface area (Å²) >= 11 is 0. The van der Waals surface area contributed by atoms with Gasteiger partial charge in [0.1, 0.15) is 5.78 Å². The lowest BCUT2D eigenvalue weighted by atomic mass is 10.2. The molecule has 206 valence electrons. The van der Waals surface area contributed by atoms with Crippen molar-refractivity contribution in [1.82, 2.24) is 9.80 Å². The van der Waals surface area contributed by atoms with Gasteiger partial charge in [0.25, 0.3) is 0 Å². The van der Waals surface area contributed by atoms with E-state index < -0.39 is 23.9 Å². The van der Waals surface area contributed by atoms with Crippen molar-refractivity contribution in [1.29, 1.82) is 0 Å². The summed E-state index contributed by atoms with van der Waals surface area (Å²) in [7, 11) is 0. The van der Waals surface area contributed by atoms with E-state index in [0.29, 0.717) is 30.1 Å². The van der Waals surface area contributed by atoms with Crippen LogP contribution in [0.4, 0.5) is 0 Å². The third kappa shape index (κ3) is 27.2. The van der Waals surface area contributed by atoms with Crippen molar-refractivity contribution in [3.8, 4) is 0 Å². The summed E-state index contributed by atoms with van der Waals surface area (Å²) in [5.74, 6) is -4.59. The van der Waals surface area contributed by atoms with Crippen molar-refractivity contribution in [2.75, 3.05) is 39.3 Å². The fourth-order valence-electron chi connectivity index (χ4n) is 3.21. The van der Waals surface area contributed by atoms with Gasteiger partial charge in [0.2, 0.25) is 0 Å². The second kappa shape index (κ2) is 23.7. The van der Waals surface area contributed by atoms with Crippen LogP contribution >= 0.6 is 0 Å². The third-order valence-electron chi connectivity index (χ3n) is 4.98. The van der Waals surface area contributed by atoms with Crippen LogP contribution in [0.5, 0.6) is 0 Å². The number of rotatable bonds is 14. The Bertz CT molecular complexity index is 654. The minimum absolute atomic E-state index is 0.438. The molecule has 0 aliphatic carbocycles. The van der Waals surface area contributed by atoms with Crippen molar-refractivity contribution in [3.05, 3.63) is 24.3 Å². The molecule has 1 aliphatic heterocycles. The highest BCUT2D eigenvalue weighted by Gasteiger charge is 2.15. The van der Waals surface area contributed by atoms with Crippen LogP contribution in [0, 0.1) is 0 Å². The lowest BCUT2D eigenvalue weighted by Crippen LogP contribution is -2.32. The average molecular weight is 515 g/mol. The molecule has 4 N–H and O–H groups in total. The monoisotopic (exact) mass is 514 g/mol. The van der Waals surface area contributed by atoms with E-state index in [2.05, 4.69) is 23.6 Å². The Hall–Kier alpha value is -3.05. The smallest absolute Gasteiger partial charge is 0.328 e. The van der Waals surface area contributed by atoms with Crippen molar-refractivity contribution >= 4 is 29.7 Å². The molecular weight excluding hydrogens is 472 g/mol. The maximum atomic E-state index is 11.6. The van der Waals surface area contributed by atoms with E-state index in [4.69, 9.17) is 20.4 Å². The molecule has 36 heavy (non-hydrogen) atoms. The zero-order valence-corrected chi connectivity index (χ0v) is 21.4. The quantitative estimate of drug-likeness (QED) is 0.198. The van der Waals surface area contributed by atoms with Crippen LogP contribution in [0.2, 0.25) is 0 Å². The van der Waals surface area contributed by atoms with Crippen molar-refractivity contribution < 1.29 is 44.4 Å². The van der Waals surface area contributed by atoms with E-state index in [9.17, 15) is 24.0 Å². The van der Waals surface area contributed by atoms with Crippen LogP contribution in [0.15, 0.2) is 24.3 Å². The molecule has 0 aromatic rings. The summed E-state index contributed by atoms with van der Waals surface area (Å²) in [6.45, 7) is 11.3. The Labute approximate surface area is 213 Å². The first-order valence-corrected chi connectivity index (χ1v) is 12.3. The van der Waals surface area contributed by atoms with Gasteiger partial charge < -0.3 is 30.2 Å². The number of carboxylic acids is 4. The molecule has 0 amide bonds. The number of carbonyl (C=O) groups excluding carboxylic acids is 1. The predicted octanol–water partition coefficient (Wildman–Crippen LogP) is 2.76. The van der Waals surface area contributed by atoms with E-state index in [1.54, 1.807) is 0 Å². The van der Waals surface area contributed by atoms with Crippen LogP contribution in [0.25, 0.3) is 0 Å². The molecule has 11 heteroatoms. The molecule has 11 nitrogen and oxygen atoms in total. The fraction of sp³-hybridized carbons (Fsp3) is 0.640. The Morgan fingerprint density at radius 3 is 1.42 bits per heavy atom. The minimum atomic E-state index is -1.26. The topological polar surface area (TPSA) is 173 Å². The van der Waals surface area contributed by atoms with Crippen molar-refractivity contribution in [2.45, 2.75) is 65.2 Å². The summed E-state index contributed by atoms with van der Waals surface area (Å²) in [6.07, 6.45) is 11.4. The summed E-state index contributed by atoms with van der Waals surface area (Å²) in [5.41, 5.74) is 0. The SMILES string of the molecule is CCCCCCN1CCCN(CCC(=O)CCC)CC1.O=C(O)/C=C\C(=O)O.O=C(O)/C=C\C(=O)O. The van der Waals surface area contributed by atoms with Crippen molar-refractivity contribution in [2.24, 2.45) is 0 Å². The summed E-state index contributed by atoms with van der Waals surface area (Å²) in [5, 5.41) is 31.2. The number of Topliss-reactive ketones (excluding diaryl/α,β-unsaturated/α-hetero) is 1. The van der Waals surface area contributed by atoms with Gasteiger partial charge >= 0.3 is 23.9 Å². The Morgan fingerprint density at radius 2 is 1.03 bits per heavy atom. The number of hydrogen-bond acceptors (Lipinski definition) is 7. The molecule has 0 saturated carbocycles. The molecule has 0 radical (unpaired) electrons. The molecule has 1 fully saturated rings. The first-order chi connectivity index (χ1) is 17.0. The fourth-order valence-corrected chi connectivity index (χ4v) is 3.21. The minimum Gasteiger partial charge on any atom is -0.478 e. The Morgan fingerprint density at radius 1 is 0.583 bits per heavy atom. The molecule has 0 atom stereocenters. The third-order valence-corrected chi connectivity index (χ3v) is 4.98. The number of unbranched alkanes of at least 4 members (excludes halogenated alkanes) is 3. The normalized spacial score (nSPS) is 14.3. The van der Waals surface area contributed by atoms with Gasteiger partial charge in [0.05, 0.1) is 0 Å². The zero-order chi connectivity index (χ0) is 27.8. The highest BCUT2D eigenvalue weighted by atomic mass is 16.4. The second-order valence-electron chi connectivity index (χ2n) is 8.16. The van der Waals surface area contributed by atoms with E-state index in [1.807, 2.05) is 0 Å². The largest absolute Gasteiger partial charge is 0.478 e. The highest BCUT2D eigenvalue weighted by Crippen LogP contribution is 2.07. The van der Waals surface area contributed by atoms with E-state index in [1.165, 1.54) is 58.3 Å². The molecule has 1 aliphatic rings. The van der Waals surface area contributed by atoms with Crippen LogP contribution in [0.3, 0.4) is 0 Å². The lowest BCUT2D eigenvalue weighted by molar-refractivity contribution is -0.134. The highest BCUT2D eigenvalue weighted by molar-refractivity contribution is 5.90. The molecule has 0 aromatic heterocycles. The van der Waals surface area contributed by atoms with Crippen LogP contribution in [-0.2, 0) is 24.0 Å². The summed E-state index contributed by atoms with van der Waals surface area (Å²) in [6, 6.07) is 0. The maximum Gasteiger partial charge on any atom is 0.328 e. The number of carbonyl (C=O) groups is 5. The van der Waals surface area contributed by atoms with Gasteiger partial charge in [0.15, 0.2) is 0 Å². The second-order valence-corrected chi connectivity index (χ2v) is 8.16. The molecule has 0 aromatic carbocycles. The molecular formula is C25H42N2O9. The molecule has 1 rings (SSSR count). The number of nitrogens with zero attached hydrogens (tertiary/aromatic N) is 2. The first-order valence-electron chi connectivity index (χ1n) is 12.3. The summed E-state index contributed by atoms with van der Waals surface area (Å²) in [4.78, 5) is 54.9. The van der Waals surface area contributed by atoms with Gasteiger partial charge in [0, 0.05) is 56.8 Å². The lowest BCUT2D eigenvalue weighted by Gasteiger charge is -2.21. The molecule has 0 bridgehead atoms. The van der Waals surface area contributed by atoms with Gasteiger partial charge in [-0.15, -0.1) is 0 Å². The number of ketones is 1. The predicted molar refractivity (Wildman–Crippen MR) is 135 cm³/mol. The molecule has 0 spiro atoms. The van der Waals surface area contributed by atoms with Crippen LogP contribution < -0.4 is 0 Å². The number of aliphatic carboxylic acids is 4.